The van der Waals surface area contributed by atoms with Crippen molar-refractivity contribution in [3.8, 4) is 11.4 Å². The van der Waals surface area contributed by atoms with Crippen molar-refractivity contribution in [1.29, 1.82) is 0 Å². The molecule has 6 N–H and O–H groups in total. The summed E-state index contributed by atoms with van der Waals surface area (Å²) in [7, 11) is 0. The summed E-state index contributed by atoms with van der Waals surface area (Å²) in [4.78, 5) is 3.98. The van der Waals surface area contributed by atoms with E-state index in [0.29, 0.717) is 23.6 Å². The highest BCUT2D eigenvalue weighted by Gasteiger charge is 2.09. The van der Waals surface area contributed by atoms with Gasteiger partial charge in [0.15, 0.2) is 0 Å². The van der Waals surface area contributed by atoms with Gasteiger partial charge in [-0.15, -0.1) is 0 Å². The fraction of sp³-hybridized carbons (Fsp3) is 0.348. The topological polar surface area (TPSA) is 102 Å². The molecule has 0 amide bonds. The van der Waals surface area contributed by atoms with Crippen LogP contribution < -0.4 is 16.8 Å². The van der Waals surface area contributed by atoms with Crippen molar-refractivity contribution < 1.29 is 5.11 Å². The highest BCUT2D eigenvalue weighted by molar-refractivity contribution is 5.72. The molecule has 1 saturated carbocycles. The van der Waals surface area contributed by atoms with Crippen molar-refractivity contribution in [3.63, 3.8) is 0 Å². The van der Waals surface area contributed by atoms with E-state index in [9.17, 15) is 5.11 Å². The largest absolute Gasteiger partial charge is 0.507 e. The van der Waals surface area contributed by atoms with Gasteiger partial charge in [-0.1, -0.05) is 57.1 Å². The third-order valence-electron chi connectivity index (χ3n) is 5.17. The molecular formula is C23H31N5O. The first-order chi connectivity index (χ1) is 14.1. The monoisotopic (exact) mass is 393 g/mol. The molecule has 2 aliphatic rings. The van der Waals surface area contributed by atoms with Crippen molar-refractivity contribution >= 4 is 5.70 Å². The molecule has 0 atom stereocenters. The number of hydrogen-bond acceptors (Lipinski definition) is 5. The van der Waals surface area contributed by atoms with Crippen LogP contribution in [0.2, 0.25) is 0 Å². The Hall–Kier alpha value is -3.15. The van der Waals surface area contributed by atoms with E-state index in [1.54, 1.807) is 41.5 Å². The highest BCUT2D eigenvalue weighted by atomic mass is 16.3. The molecule has 1 aromatic carbocycles. The Morgan fingerprint density at radius 3 is 2.34 bits per heavy atom. The normalized spacial score (nSPS) is 17.2. The quantitative estimate of drug-likeness (QED) is 0.592. The minimum Gasteiger partial charge on any atom is -0.507 e. The fourth-order valence-corrected chi connectivity index (χ4v) is 3.49. The van der Waals surface area contributed by atoms with Crippen molar-refractivity contribution in [2.75, 3.05) is 6.54 Å². The Labute approximate surface area is 172 Å². The lowest BCUT2D eigenvalue weighted by atomic mass is 10.1. The third kappa shape index (κ3) is 5.91. The van der Waals surface area contributed by atoms with E-state index in [-0.39, 0.29) is 5.75 Å². The van der Waals surface area contributed by atoms with Crippen LogP contribution in [0.25, 0.3) is 11.4 Å². The van der Waals surface area contributed by atoms with Gasteiger partial charge in [0.1, 0.15) is 11.6 Å². The van der Waals surface area contributed by atoms with Crippen LogP contribution in [0.1, 0.15) is 50.5 Å². The van der Waals surface area contributed by atoms with E-state index in [1.165, 1.54) is 44.9 Å². The molecule has 29 heavy (non-hydrogen) atoms. The number of dihydropyridines is 1. The smallest absolute Gasteiger partial charge is 0.126 e. The summed E-state index contributed by atoms with van der Waals surface area (Å²) in [5, 5.41) is 13.2. The number of allylic oxidation sites excluding steroid dienone is 3. The standard InChI is InChI=1S/C16H17N5O.C7H14/c17-14(8-11-2-1-5-20-16(11)18)13-4-3-12(9-15(13)22)21-7-6-19-10-21;1-2-4-6-7-5-3-1/h1-4,6-10,20,22H,5,17-18H2;1-7H2/b14-8-;. The fourth-order valence-electron chi connectivity index (χ4n) is 3.49. The number of aromatic nitrogens is 2. The van der Waals surface area contributed by atoms with Crippen LogP contribution >= 0.6 is 0 Å². The average molecular weight is 394 g/mol. The Morgan fingerprint density at radius 1 is 1.10 bits per heavy atom. The van der Waals surface area contributed by atoms with Gasteiger partial charge >= 0.3 is 0 Å². The van der Waals surface area contributed by atoms with E-state index in [4.69, 9.17) is 11.5 Å². The molecular weight excluding hydrogens is 362 g/mol. The summed E-state index contributed by atoms with van der Waals surface area (Å²) in [6, 6.07) is 5.28. The van der Waals surface area contributed by atoms with E-state index in [1.807, 2.05) is 18.2 Å². The number of benzene rings is 1. The molecule has 0 saturated heterocycles. The first-order valence-electron chi connectivity index (χ1n) is 10.3. The lowest BCUT2D eigenvalue weighted by Gasteiger charge is -2.13. The molecule has 0 radical (unpaired) electrons. The summed E-state index contributed by atoms with van der Waals surface area (Å²) in [5.41, 5.74) is 14.6. The van der Waals surface area contributed by atoms with Crippen LogP contribution in [0.3, 0.4) is 0 Å². The Kier molecular flexibility index (Phi) is 7.39. The van der Waals surface area contributed by atoms with Crippen LogP contribution in [0, 0.1) is 0 Å². The molecule has 1 aliphatic heterocycles. The van der Waals surface area contributed by atoms with E-state index < -0.39 is 0 Å². The van der Waals surface area contributed by atoms with Crippen molar-refractivity contribution in [3.05, 3.63) is 72.1 Å². The molecule has 0 bridgehead atoms. The van der Waals surface area contributed by atoms with E-state index in [2.05, 4.69) is 10.3 Å². The molecule has 1 aliphatic carbocycles. The zero-order chi connectivity index (χ0) is 20.5. The SMILES string of the molecule is C1CCCCCC1.NC1=C(/C=C(\N)c2ccc(-n3ccnc3)cc2O)C=CCN1. The lowest BCUT2D eigenvalue weighted by Crippen LogP contribution is -2.24. The predicted octanol–water partition coefficient (Wildman–Crippen LogP) is 3.94. The van der Waals surface area contributed by atoms with Gasteiger partial charge in [-0.2, -0.15) is 0 Å². The van der Waals surface area contributed by atoms with Crippen LogP contribution in [0.4, 0.5) is 0 Å². The number of nitrogens with one attached hydrogen (secondary N) is 1. The van der Waals surface area contributed by atoms with Crippen LogP contribution in [0.5, 0.6) is 5.75 Å². The summed E-state index contributed by atoms with van der Waals surface area (Å²) < 4.78 is 1.80. The zero-order valence-corrected chi connectivity index (χ0v) is 16.8. The van der Waals surface area contributed by atoms with Crippen molar-refractivity contribution in [1.82, 2.24) is 14.9 Å². The van der Waals surface area contributed by atoms with Gasteiger partial charge in [0.25, 0.3) is 0 Å². The van der Waals surface area contributed by atoms with E-state index >= 15 is 0 Å². The first-order valence-corrected chi connectivity index (χ1v) is 10.3. The van der Waals surface area contributed by atoms with Crippen LogP contribution in [0.15, 0.2) is 66.5 Å². The van der Waals surface area contributed by atoms with Crippen LogP contribution in [-0.2, 0) is 0 Å². The molecule has 6 heteroatoms. The third-order valence-corrected chi connectivity index (χ3v) is 5.17. The minimum absolute atomic E-state index is 0.104. The summed E-state index contributed by atoms with van der Waals surface area (Å²) in [6.07, 6.45) is 21.2. The maximum atomic E-state index is 10.2. The number of rotatable bonds is 3. The maximum Gasteiger partial charge on any atom is 0.126 e. The molecule has 4 rings (SSSR count). The second kappa shape index (κ2) is 10.4. The first kappa shape index (κ1) is 20.6. The van der Waals surface area contributed by atoms with Gasteiger partial charge in [-0.25, -0.2) is 4.98 Å². The van der Waals surface area contributed by atoms with Gasteiger partial charge < -0.3 is 26.5 Å². The Balaban J connectivity index is 0.000000290. The average Bonchev–Trinajstić information content (AvgIpc) is 3.10. The minimum atomic E-state index is 0.104. The second-order valence-electron chi connectivity index (χ2n) is 7.40. The summed E-state index contributed by atoms with van der Waals surface area (Å²) >= 11 is 0. The van der Waals surface area contributed by atoms with Gasteiger partial charge in [0.05, 0.1) is 12.0 Å². The predicted molar refractivity (Wildman–Crippen MR) is 118 cm³/mol. The van der Waals surface area contributed by atoms with E-state index in [0.717, 1.165) is 11.3 Å². The number of nitrogens with two attached hydrogens (primary N) is 2. The van der Waals surface area contributed by atoms with Gasteiger partial charge in [0, 0.05) is 41.8 Å². The number of imidazole rings is 1. The van der Waals surface area contributed by atoms with Crippen molar-refractivity contribution in [2.24, 2.45) is 11.5 Å². The Bertz CT molecular complexity index is 861. The zero-order valence-electron chi connectivity index (χ0n) is 16.8. The maximum absolute atomic E-state index is 10.2. The molecule has 2 heterocycles. The van der Waals surface area contributed by atoms with Gasteiger partial charge in [-0.05, 0) is 18.2 Å². The number of nitrogens with zero attached hydrogens (tertiary/aromatic N) is 2. The molecule has 1 fully saturated rings. The van der Waals surface area contributed by atoms with Gasteiger partial charge in [0.2, 0.25) is 0 Å². The Morgan fingerprint density at radius 2 is 1.79 bits per heavy atom. The molecule has 2 aromatic rings. The summed E-state index contributed by atoms with van der Waals surface area (Å²) in [6.45, 7) is 0.702. The lowest BCUT2D eigenvalue weighted by molar-refractivity contribution is 0.473. The number of phenolic OH excluding ortho intramolecular Hbond substituents is 1. The summed E-state index contributed by atoms with van der Waals surface area (Å²) in [5.74, 6) is 0.673. The molecule has 1 aromatic heterocycles. The molecule has 0 unspecified atom stereocenters. The second-order valence-corrected chi connectivity index (χ2v) is 7.40. The molecule has 154 valence electrons. The van der Waals surface area contributed by atoms with Gasteiger partial charge in [-0.3, -0.25) is 0 Å². The molecule has 6 nitrogen and oxygen atoms in total. The molecule has 0 spiro atoms. The number of hydrogen-bond donors (Lipinski definition) is 4. The van der Waals surface area contributed by atoms with Crippen molar-refractivity contribution in [2.45, 2.75) is 44.9 Å². The van der Waals surface area contributed by atoms with Crippen LogP contribution in [-0.4, -0.2) is 21.2 Å². The number of phenols is 1. The highest BCUT2D eigenvalue weighted by Crippen LogP contribution is 2.26. The number of aromatic hydroxyl groups is 1.